The fraction of sp³-hybridized carbons (Fsp3) is 0.571. The van der Waals surface area contributed by atoms with Crippen molar-refractivity contribution in [2.75, 3.05) is 37.2 Å². The van der Waals surface area contributed by atoms with Crippen LogP contribution in [0.1, 0.15) is 19.8 Å². The van der Waals surface area contributed by atoms with Crippen molar-refractivity contribution in [3.63, 3.8) is 0 Å². The summed E-state index contributed by atoms with van der Waals surface area (Å²) in [5.41, 5.74) is 6.73. The van der Waals surface area contributed by atoms with E-state index in [0.717, 1.165) is 18.8 Å². The Morgan fingerprint density at radius 1 is 1.33 bits per heavy atom. The van der Waals surface area contributed by atoms with E-state index in [2.05, 4.69) is 17.1 Å². The molecule has 1 saturated heterocycles. The zero-order chi connectivity index (χ0) is 15.5. The monoisotopic (exact) mass is 312 g/mol. The Bertz CT molecular complexity index is 583. The number of nitrogen functional groups attached to an aromatic ring is 1. The van der Waals surface area contributed by atoms with Crippen molar-refractivity contribution in [2.24, 2.45) is 11.1 Å². The molecule has 0 amide bonds. The molecule has 1 heterocycles. The minimum Gasteiger partial charge on any atom is -0.398 e. The first-order valence-electron chi connectivity index (χ1n) is 7.25. The Morgan fingerprint density at radius 2 is 2.00 bits per heavy atom. The maximum Gasteiger partial charge on any atom is 0.240 e. The predicted octanol–water partition coefficient (Wildman–Crippen LogP) is 1.06. The summed E-state index contributed by atoms with van der Waals surface area (Å²) >= 11 is 0. The third-order valence-corrected chi connectivity index (χ3v) is 4.72. The molecule has 0 radical (unpaired) electrons. The van der Waals surface area contributed by atoms with Crippen LogP contribution in [-0.2, 0) is 10.0 Å². The van der Waals surface area contributed by atoms with E-state index in [4.69, 9.17) is 10.9 Å². The lowest BCUT2D eigenvalue weighted by Gasteiger charge is -2.21. The summed E-state index contributed by atoms with van der Waals surface area (Å²) in [4.78, 5) is 2.45. The summed E-state index contributed by atoms with van der Waals surface area (Å²) in [6.45, 7) is 6.50. The molecule has 5 N–H and O–H groups in total. The minimum atomic E-state index is -3.76. The molecule has 7 heteroatoms. The van der Waals surface area contributed by atoms with Crippen molar-refractivity contribution in [2.45, 2.75) is 24.7 Å². The summed E-state index contributed by atoms with van der Waals surface area (Å²) in [7, 11) is -3.76. The van der Waals surface area contributed by atoms with E-state index in [-0.39, 0.29) is 10.6 Å². The van der Waals surface area contributed by atoms with Crippen LogP contribution < -0.4 is 16.2 Å². The number of hydrogen-bond acceptors (Lipinski definition) is 5. The van der Waals surface area contributed by atoms with Crippen LogP contribution in [0.5, 0.6) is 0 Å². The standard InChI is InChI=1S/C14H24N4O2S/c1-11(10-18-6-2-3-7-18)9-17-12-4-5-14(13(15)8-12)21(16,19)20/h4-5,8,11,17H,2-3,6-7,9-10,15H2,1H3,(H2,16,19,20). The molecule has 6 nitrogen and oxygen atoms in total. The van der Waals surface area contributed by atoms with Crippen molar-refractivity contribution in [1.82, 2.24) is 4.90 Å². The first kappa shape index (κ1) is 16.1. The molecule has 1 fully saturated rings. The molecule has 21 heavy (non-hydrogen) atoms. The van der Waals surface area contributed by atoms with Gasteiger partial charge in [-0.15, -0.1) is 0 Å². The van der Waals surface area contributed by atoms with Gasteiger partial charge >= 0.3 is 0 Å². The average molecular weight is 312 g/mol. The van der Waals surface area contributed by atoms with Crippen LogP contribution >= 0.6 is 0 Å². The third kappa shape index (κ3) is 4.59. The summed E-state index contributed by atoms with van der Waals surface area (Å²) in [5.74, 6) is 0.516. The van der Waals surface area contributed by atoms with Gasteiger partial charge in [0.25, 0.3) is 0 Å². The normalized spacial score (nSPS) is 17.8. The van der Waals surface area contributed by atoms with Gasteiger partial charge in [-0.25, -0.2) is 13.6 Å². The number of rotatable bonds is 6. The Kier molecular flexibility index (Phi) is 5.08. The zero-order valence-corrected chi connectivity index (χ0v) is 13.2. The molecule has 0 spiro atoms. The number of hydrogen-bond donors (Lipinski definition) is 3. The molecule has 0 saturated carbocycles. The molecular weight excluding hydrogens is 288 g/mol. The number of likely N-dealkylation sites (tertiary alicyclic amines) is 1. The van der Waals surface area contributed by atoms with Gasteiger partial charge in [0.1, 0.15) is 4.90 Å². The van der Waals surface area contributed by atoms with E-state index in [1.165, 1.54) is 32.0 Å². The third-order valence-electron chi connectivity index (χ3n) is 3.74. The van der Waals surface area contributed by atoms with Crippen LogP contribution in [0, 0.1) is 5.92 Å². The van der Waals surface area contributed by atoms with Crippen LogP contribution in [0.15, 0.2) is 23.1 Å². The number of sulfonamides is 1. The highest BCUT2D eigenvalue weighted by molar-refractivity contribution is 7.89. The molecule has 118 valence electrons. The maximum atomic E-state index is 11.3. The minimum absolute atomic E-state index is 0.0295. The number of nitrogens with zero attached hydrogens (tertiary/aromatic N) is 1. The SMILES string of the molecule is CC(CNc1ccc(S(N)(=O)=O)c(N)c1)CN1CCCC1. The number of anilines is 2. The van der Waals surface area contributed by atoms with Gasteiger partial charge in [0.05, 0.1) is 5.69 Å². The van der Waals surface area contributed by atoms with E-state index in [0.29, 0.717) is 5.92 Å². The predicted molar refractivity (Wildman–Crippen MR) is 85.6 cm³/mol. The Balaban J connectivity index is 1.89. The molecule has 0 aliphatic carbocycles. The molecule has 0 bridgehead atoms. The van der Waals surface area contributed by atoms with Crippen molar-refractivity contribution in [3.05, 3.63) is 18.2 Å². The number of benzene rings is 1. The molecule has 1 aromatic carbocycles. The van der Waals surface area contributed by atoms with Gasteiger partial charge in [-0.1, -0.05) is 6.92 Å². The van der Waals surface area contributed by atoms with Gasteiger partial charge in [0, 0.05) is 18.8 Å². The van der Waals surface area contributed by atoms with Crippen LogP contribution in [0.25, 0.3) is 0 Å². The van der Waals surface area contributed by atoms with Gasteiger partial charge in [0.15, 0.2) is 0 Å². The van der Waals surface area contributed by atoms with E-state index < -0.39 is 10.0 Å². The summed E-state index contributed by atoms with van der Waals surface area (Å²) < 4.78 is 22.6. The second kappa shape index (κ2) is 6.64. The summed E-state index contributed by atoms with van der Waals surface area (Å²) in [6.07, 6.45) is 2.59. The lowest BCUT2D eigenvalue weighted by Crippen LogP contribution is -2.28. The van der Waals surface area contributed by atoms with E-state index in [1.807, 2.05) is 0 Å². The lowest BCUT2D eigenvalue weighted by atomic mass is 10.1. The zero-order valence-electron chi connectivity index (χ0n) is 12.4. The number of nitrogens with one attached hydrogen (secondary N) is 1. The van der Waals surface area contributed by atoms with Crippen LogP contribution in [0.4, 0.5) is 11.4 Å². The van der Waals surface area contributed by atoms with Crippen LogP contribution in [0.3, 0.4) is 0 Å². The second-order valence-corrected chi connectivity index (χ2v) is 7.32. The van der Waals surface area contributed by atoms with E-state index >= 15 is 0 Å². The van der Waals surface area contributed by atoms with Crippen molar-refractivity contribution in [3.8, 4) is 0 Å². The smallest absolute Gasteiger partial charge is 0.240 e. The lowest BCUT2D eigenvalue weighted by molar-refractivity contribution is 0.294. The largest absolute Gasteiger partial charge is 0.398 e. The fourth-order valence-corrected chi connectivity index (χ4v) is 3.33. The summed E-state index contributed by atoms with van der Waals surface area (Å²) in [5, 5.41) is 8.38. The fourth-order valence-electron chi connectivity index (χ4n) is 2.68. The Morgan fingerprint density at radius 3 is 2.57 bits per heavy atom. The molecule has 1 aliphatic heterocycles. The van der Waals surface area contributed by atoms with Crippen molar-refractivity contribution >= 4 is 21.4 Å². The van der Waals surface area contributed by atoms with E-state index in [9.17, 15) is 8.42 Å². The molecule has 1 unspecified atom stereocenters. The van der Waals surface area contributed by atoms with Gasteiger partial charge in [0.2, 0.25) is 10.0 Å². The highest BCUT2D eigenvalue weighted by Gasteiger charge is 2.15. The molecule has 2 rings (SSSR count). The van der Waals surface area contributed by atoms with E-state index in [1.54, 1.807) is 12.1 Å². The van der Waals surface area contributed by atoms with Gasteiger partial charge in [-0.05, 0) is 50.0 Å². The van der Waals surface area contributed by atoms with Gasteiger partial charge in [-0.2, -0.15) is 0 Å². The average Bonchev–Trinajstić information content (AvgIpc) is 2.87. The molecule has 1 aromatic rings. The Hall–Kier alpha value is -1.31. The quantitative estimate of drug-likeness (QED) is 0.682. The number of nitrogens with two attached hydrogens (primary N) is 2. The maximum absolute atomic E-state index is 11.3. The summed E-state index contributed by atoms with van der Waals surface area (Å²) in [6, 6.07) is 4.75. The topological polar surface area (TPSA) is 101 Å². The van der Waals surface area contributed by atoms with Crippen LogP contribution in [-0.4, -0.2) is 39.5 Å². The highest BCUT2D eigenvalue weighted by Crippen LogP contribution is 2.21. The van der Waals surface area contributed by atoms with Gasteiger partial charge < -0.3 is 16.0 Å². The van der Waals surface area contributed by atoms with Crippen molar-refractivity contribution in [1.29, 1.82) is 0 Å². The Labute approximate surface area is 126 Å². The second-order valence-electron chi connectivity index (χ2n) is 5.79. The van der Waals surface area contributed by atoms with Gasteiger partial charge in [-0.3, -0.25) is 0 Å². The first-order chi connectivity index (χ1) is 9.86. The first-order valence-corrected chi connectivity index (χ1v) is 8.79. The molecule has 1 aliphatic rings. The molecule has 0 aromatic heterocycles. The molecule has 1 atom stereocenters. The van der Waals surface area contributed by atoms with Crippen LogP contribution in [0.2, 0.25) is 0 Å². The van der Waals surface area contributed by atoms with Crippen molar-refractivity contribution < 1.29 is 8.42 Å². The molecular formula is C14H24N4O2S. The number of primary sulfonamides is 1. The highest BCUT2D eigenvalue weighted by atomic mass is 32.2.